The molecule has 19 heavy (non-hydrogen) atoms. The highest BCUT2D eigenvalue weighted by Gasteiger charge is 2.20. The molecule has 0 bridgehead atoms. The molecule has 0 amide bonds. The molecule has 0 saturated heterocycles. The first-order valence-electron chi connectivity index (χ1n) is 6.17. The predicted octanol–water partition coefficient (Wildman–Crippen LogP) is 2.58. The Morgan fingerprint density at radius 1 is 1.32 bits per heavy atom. The van der Waals surface area contributed by atoms with Crippen molar-refractivity contribution in [3.8, 4) is 6.07 Å². The third-order valence-corrected chi connectivity index (χ3v) is 4.31. The number of hydrogen-bond acceptors (Lipinski definition) is 3. The van der Waals surface area contributed by atoms with E-state index < -0.39 is 10.0 Å². The summed E-state index contributed by atoms with van der Waals surface area (Å²) in [7, 11) is -3.62. The summed E-state index contributed by atoms with van der Waals surface area (Å²) in [5.41, 5.74) is 0.944. The molecule has 0 heterocycles. The zero-order chi connectivity index (χ0) is 14.7. The average Bonchev–Trinajstić information content (AvgIpc) is 2.26. The summed E-state index contributed by atoms with van der Waals surface area (Å²) in [6.07, 6.45) is 0.736. The first-order valence-corrected chi connectivity index (χ1v) is 7.65. The molecule has 0 aromatic heterocycles. The Balaban J connectivity index is 2.97. The van der Waals surface area contributed by atoms with Crippen LogP contribution >= 0.6 is 0 Å². The van der Waals surface area contributed by atoms with Gasteiger partial charge in [0.15, 0.2) is 0 Å². The molecule has 0 saturated carbocycles. The molecule has 0 aliphatic rings. The maximum Gasteiger partial charge on any atom is 0.241 e. The molecule has 5 heteroatoms. The second-order valence-corrected chi connectivity index (χ2v) is 7.50. The summed E-state index contributed by atoms with van der Waals surface area (Å²) >= 11 is 0. The van der Waals surface area contributed by atoms with E-state index in [0.29, 0.717) is 12.1 Å². The highest BCUT2D eigenvalue weighted by molar-refractivity contribution is 7.89. The number of nitriles is 1. The van der Waals surface area contributed by atoms with Crippen molar-refractivity contribution < 1.29 is 8.42 Å². The highest BCUT2D eigenvalue weighted by atomic mass is 32.2. The van der Waals surface area contributed by atoms with E-state index in [1.807, 2.05) is 6.07 Å². The molecule has 1 aromatic rings. The number of sulfonamides is 1. The predicted molar refractivity (Wildman–Crippen MR) is 75.2 cm³/mol. The fraction of sp³-hybridized carbons (Fsp3) is 0.500. The van der Waals surface area contributed by atoms with Crippen LogP contribution in [-0.4, -0.2) is 15.0 Å². The molecular weight excluding hydrogens is 260 g/mol. The van der Waals surface area contributed by atoms with Gasteiger partial charge >= 0.3 is 0 Å². The minimum Gasteiger partial charge on any atom is -0.211 e. The topological polar surface area (TPSA) is 70.0 Å². The van der Waals surface area contributed by atoms with Gasteiger partial charge in [-0.1, -0.05) is 32.9 Å². The van der Waals surface area contributed by atoms with E-state index in [-0.39, 0.29) is 15.9 Å². The quantitative estimate of drug-likeness (QED) is 0.921. The third-order valence-electron chi connectivity index (χ3n) is 2.80. The fourth-order valence-corrected chi connectivity index (χ4v) is 2.91. The summed E-state index contributed by atoms with van der Waals surface area (Å²) in [5, 5.41) is 9.08. The van der Waals surface area contributed by atoms with Crippen molar-refractivity contribution in [1.29, 1.82) is 5.26 Å². The average molecular weight is 280 g/mol. The lowest BCUT2D eigenvalue weighted by Crippen LogP contribution is -2.28. The third kappa shape index (κ3) is 4.34. The van der Waals surface area contributed by atoms with Gasteiger partial charge in [-0.05, 0) is 30.4 Å². The molecule has 1 aromatic carbocycles. The van der Waals surface area contributed by atoms with Gasteiger partial charge in [0.2, 0.25) is 10.0 Å². The molecule has 0 aliphatic carbocycles. The van der Waals surface area contributed by atoms with Crippen LogP contribution in [0.2, 0.25) is 0 Å². The monoisotopic (exact) mass is 280 g/mol. The number of rotatable bonds is 4. The Labute approximate surface area is 115 Å². The van der Waals surface area contributed by atoms with Crippen molar-refractivity contribution in [2.45, 2.75) is 39.0 Å². The van der Waals surface area contributed by atoms with Crippen LogP contribution in [0.3, 0.4) is 0 Å². The first-order chi connectivity index (χ1) is 8.67. The van der Waals surface area contributed by atoms with Crippen LogP contribution in [0.4, 0.5) is 0 Å². The zero-order valence-corrected chi connectivity index (χ0v) is 12.6. The van der Waals surface area contributed by atoms with Crippen LogP contribution in [0.25, 0.3) is 0 Å². The van der Waals surface area contributed by atoms with Crippen molar-refractivity contribution >= 4 is 10.0 Å². The molecule has 1 N–H and O–H groups in total. The van der Waals surface area contributed by atoms with Crippen LogP contribution in [0, 0.1) is 23.7 Å². The molecule has 0 atom stereocenters. The summed E-state index contributed by atoms with van der Waals surface area (Å²) < 4.78 is 26.9. The van der Waals surface area contributed by atoms with Gasteiger partial charge in [-0.2, -0.15) is 5.26 Å². The molecule has 1 rings (SSSR count). The van der Waals surface area contributed by atoms with Crippen molar-refractivity contribution in [2.24, 2.45) is 5.41 Å². The van der Waals surface area contributed by atoms with Crippen LogP contribution in [0.15, 0.2) is 23.1 Å². The number of benzene rings is 1. The van der Waals surface area contributed by atoms with Crippen LogP contribution in [0.5, 0.6) is 0 Å². The number of nitrogens with zero attached hydrogens (tertiary/aromatic N) is 1. The van der Waals surface area contributed by atoms with Crippen molar-refractivity contribution in [3.63, 3.8) is 0 Å². The van der Waals surface area contributed by atoms with E-state index in [1.54, 1.807) is 19.1 Å². The largest absolute Gasteiger partial charge is 0.241 e. The van der Waals surface area contributed by atoms with Crippen LogP contribution in [0.1, 0.15) is 38.3 Å². The van der Waals surface area contributed by atoms with Crippen molar-refractivity contribution in [1.82, 2.24) is 4.72 Å². The lowest BCUT2D eigenvalue weighted by atomic mass is 9.93. The van der Waals surface area contributed by atoms with Gasteiger partial charge in [-0.3, -0.25) is 0 Å². The second kappa shape index (κ2) is 5.72. The second-order valence-electron chi connectivity index (χ2n) is 5.77. The van der Waals surface area contributed by atoms with Crippen molar-refractivity contribution in [2.75, 3.05) is 6.54 Å². The van der Waals surface area contributed by atoms with Crippen molar-refractivity contribution in [3.05, 3.63) is 29.3 Å². The smallest absolute Gasteiger partial charge is 0.211 e. The summed E-state index contributed by atoms with van der Waals surface area (Å²) in [6, 6.07) is 6.80. The lowest BCUT2D eigenvalue weighted by Gasteiger charge is -2.18. The maximum absolute atomic E-state index is 12.2. The molecular formula is C14H20N2O2S. The van der Waals surface area contributed by atoms with Crippen LogP contribution < -0.4 is 4.72 Å². The summed E-state index contributed by atoms with van der Waals surface area (Å²) in [4.78, 5) is 0.0592. The van der Waals surface area contributed by atoms with Crippen LogP contribution in [-0.2, 0) is 10.0 Å². The molecule has 0 spiro atoms. The van der Waals surface area contributed by atoms with Gasteiger partial charge < -0.3 is 0 Å². The molecule has 0 fully saturated rings. The molecule has 4 nitrogen and oxygen atoms in total. The Bertz CT molecular complexity index is 593. The van der Waals surface area contributed by atoms with Gasteiger partial charge in [-0.15, -0.1) is 0 Å². The highest BCUT2D eigenvalue weighted by Crippen LogP contribution is 2.20. The summed E-state index contributed by atoms with van der Waals surface area (Å²) in [5.74, 6) is 0. The Kier molecular flexibility index (Phi) is 4.72. The van der Waals surface area contributed by atoms with Gasteiger partial charge in [0, 0.05) is 6.54 Å². The van der Waals surface area contributed by atoms with Gasteiger partial charge in [0.05, 0.1) is 10.5 Å². The van der Waals surface area contributed by atoms with Gasteiger partial charge in [0.25, 0.3) is 0 Å². The zero-order valence-electron chi connectivity index (χ0n) is 11.8. The Hall–Kier alpha value is -1.38. The van der Waals surface area contributed by atoms with E-state index in [4.69, 9.17) is 5.26 Å². The minimum atomic E-state index is -3.62. The fourth-order valence-electron chi connectivity index (χ4n) is 1.65. The van der Waals surface area contributed by atoms with E-state index in [1.165, 1.54) is 6.07 Å². The van der Waals surface area contributed by atoms with E-state index in [9.17, 15) is 8.42 Å². The standard InChI is InChI=1S/C14H20N2O2S/c1-11-6-5-7-13(12(11)10-15)19(17,18)16-9-8-14(2,3)4/h5-7,16H,8-9H2,1-4H3. The number of nitrogens with one attached hydrogen (secondary N) is 1. The number of aryl methyl sites for hydroxylation is 1. The summed E-state index contributed by atoms with van der Waals surface area (Å²) in [6.45, 7) is 8.25. The normalized spacial score (nSPS) is 12.2. The molecule has 0 aliphatic heterocycles. The lowest BCUT2D eigenvalue weighted by molar-refractivity contribution is 0.378. The molecule has 0 radical (unpaired) electrons. The maximum atomic E-state index is 12.2. The van der Waals surface area contributed by atoms with E-state index in [0.717, 1.165) is 6.42 Å². The van der Waals surface area contributed by atoms with E-state index in [2.05, 4.69) is 25.5 Å². The van der Waals surface area contributed by atoms with E-state index >= 15 is 0 Å². The molecule has 104 valence electrons. The van der Waals surface area contributed by atoms with Gasteiger partial charge in [-0.25, -0.2) is 13.1 Å². The number of hydrogen-bond donors (Lipinski definition) is 1. The SMILES string of the molecule is Cc1cccc(S(=O)(=O)NCCC(C)(C)C)c1C#N. The Morgan fingerprint density at radius 2 is 1.95 bits per heavy atom. The Morgan fingerprint density at radius 3 is 2.47 bits per heavy atom. The minimum absolute atomic E-state index is 0.0592. The first kappa shape index (κ1) is 15.7. The van der Waals surface area contributed by atoms with Gasteiger partial charge in [0.1, 0.15) is 6.07 Å². The molecule has 0 unspecified atom stereocenters.